The lowest BCUT2D eigenvalue weighted by atomic mass is 9.98. The van der Waals surface area contributed by atoms with E-state index in [1.807, 2.05) is 45.0 Å². The monoisotopic (exact) mass is 305 g/mol. The Morgan fingerprint density at radius 1 is 1.04 bits per heavy atom. The molecule has 0 atom stereocenters. The van der Waals surface area contributed by atoms with E-state index in [0.717, 1.165) is 38.9 Å². The van der Waals surface area contributed by atoms with E-state index in [1.54, 1.807) is 6.07 Å². The number of nitrogens with two attached hydrogens (primary N) is 1. The smallest absolute Gasteiger partial charge is 0.121 e. The van der Waals surface area contributed by atoms with Gasteiger partial charge in [-0.2, -0.15) is 0 Å². The van der Waals surface area contributed by atoms with Crippen LogP contribution in [0.25, 0.3) is 22.2 Å². The molecule has 0 saturated heterocycles. The first-order valence-electron chi connectivity index (χ1n) is 7.43. The van der Waals surface area contributed by atoms with Crippen molar-refractivity contribution in [2.24, 2.45) is 0 Å². The Kier molecular flexibility index (Phi) is 3.52. The Balaban J connectivity index is 2.29. The number of nitrogen functional groups attached to an aromatic ring is 1. The first kappa shape index (κ1) is 15.0. The number of benzene rings is 2. The summed E-state index contributed by atoms with van der Waals surface area (Å²) in [6.07, 6.45) is 1.28. The number of rotatable bonds is 2. The number of fused-ring (bicyclic) bond motifs is 1. The predicted octanol–water partition coefficient (Wildman–Crippen LogP) is 4.11. The normalized spacial score (nSPS) is 10.9. The van der Waals surface area contributed by atoms with Gasteiger partial charge in [0.2, 0.25) is 0 Å². The van der Waals surface area contributed by atoms with Crippen molar-refractivity contribution in [3.8, 4) is 17.0 Å². The molecule has 0 bridgehead atoms. The number of nitrogens with zero attached hydrogens (tertiary/aromatic N) is 1. The number of pyridine rings is 1. The second-order valence-corrected chi connectivity index (χ2v) is 5.89. The molecule has 0 saturated carbocycles. The lowest BCUT2D eigenvalue weighted by Crippen LogP contribution is -1.98. The summed E-state index contributed by atoms with van der Waals surface area (Å²) >= 11 is 0. The molecule has 4 N–H and O–H groups in total. The molecule has 2 aromatic carbocycles. The highest BCUT2D eigenvalue weighted by molar-refractivity contribution is 6.04. The van der Waals surface area contributed by atoms with Crippen molar-refractivity contribution in [1.82, 2.24) is 4.98 Å². The molecule has 0 fully saturated rings. The van der Waals surface area contributed by atoms with Gasteiger partial charge in [-0.15, -0.1) is 0 Å². The number of phenols is 1. The van der Waals surface area contributed by atoms with Gasteiger partial charge in [0.15, 0.2) is 0 Å². The molecule has 4 nitrogen and oxygen atoms in total. The largest absolute Gasteiger partial charge is 0.507 e. The summed E-state index contributed by atoms with van der Waals surface area (Å²) in [6.45, 7) is 5.77. The fourth-order valence-corrected chi connectivity index (χ4v) is 2.98. The molecule has 3 aromatic rings. The minimum absolute atomic E-state index is 0.324. The summed E-state index contributed by atoms with van der Waals surface area (Å²) in [5.41, 5.74) is 12.6. The summed E-state index contributed by atoms with van der Waals surface area (Å²) in [4.78, 5) is 4.73. The summed E-state index contributed by atoms with van der Waals surface area (Å²) in [6, 6.07) is 9.54. The van der Waals surface area contributed by atoms with Crippen molar-refractivity contribution in [2.75, 3.05) is 5.73 Å². The average molecular weight is 305 g/mol. The summed E-state index contributed by atoms with van der Waals surface area (Å²) in [5, 5.41) is 18.5. The van der Waals surface area contributed by atoms with Crippen LogP contribution in [0.2, 0.25) is 0 Å². The van der Waals surface area contributed by atoms with Crippen LogP contribution in [-0.4, -0.2) is 16.3 Å². The van der Waals surface area contributed by atoms with Gasteiger partial charge in [-0.1, -0.05) is 0 Å². The van der Waals surface area contributed by atoms with E-state index in [9.17, 15) is 5.11 Å². The highest BCUT2D eigenvalue weighted by Crippen LogP contribution is 2.32. The molecule has 0 radical (unpaired) electrons. The Morgan fingerprint density at radius 3 is 2.30 bits per heavy atom. The van der Waals surface area contributed by atoms with Gasteiger partial charge >= 0.3 is 0 Å². The van der Waals surface area contributed by atoms with Crippen molar-refractivity contribution in [1.29, 1.82) is 5.41 Å². The van der Waals surface area contributed by atoms with Crippen LogP contribution in [-0.2, 0) is 0 Å². The maximum Gasteiger partial charge on any atom is 0.121 e. The van der Waals surface area contributed by atoms with Gasteiger partial charge < -0.3 is 16.2 Å². The maximum absolute atomic E-state index is 9.94. The molecule has 116 valence electrons. The number of anilines is 1. The van der Waals surface area contributed by atoms with Gasteiger partial charge in [-0.05, 0) is 67.8 Å². The zero-order valence-electron chi connectivity index (χ0n) is 13.4. The Morgan fingerprint density at radius 2 is 1.70 bits per heavy atom. The molecule has 0 aliphatic rings. The predicted molar refractivity (Wildman–Crippen MR) is 95.4 cm³/mol. The van der Waals surface area contributed by atoms with Crippen molar-refractivity contribution in [3.63, 3.8) is 0 Å². The lowest BCUT2D eigenvalue weighted by molar-refractivity contribution is 0.467. The van der Waals surface area contributed by atoms with Gasteiger partial charge in [0.05, 0.1) is 11.2 Å². The summed E-state index contributed by atoms with van der Waals surface area (Å²) < 4.78 is 0. The Hall–Kier alpha value is -2.88. The number of hydrogen-bond acceptors (Lipinski definition) is 4. The minimum Gasteiger partial charge on any atom is -0.507 e. The second-order valence-electron chi connectivity index (χ2n) is 5.89. The van der Waals surface area contributed by atoms with E-state index in [4.69, 9.17) is 16.1 Å². The number of nitrogens with one attached hydrogen (secondary N) is 1. The Labute approximate surface area is 135 Å². The maximum atomic E-state index is 9.94. The third-order valence-corrected chi connectivity index (χ3v) is 4.18. The molecule has 0 amide bonds. The number of aromatic hydroxyl groups is 1. The SMILES string of the molecule is Cc1cc(-c2cc(C)c3c(C=N)c(N)ccc3n2)cc(C)c1O. The van der Waals surface area contributed by atoms with Gasteiger partial charge in [-0.3, -0.25) is 0 Å². The van der Waals surface area contributed by atoms with E-state index < -0.39 is 0 Å². The van der Waals surface area contributed by atoms with Crippen LogP contribution in [0.5, 0.6) is 5.75 Å². The third-order valence-electron chi connectivity index (χ3n) is 4.18. The highest BCUT2D eigenvalue weighted by atomic mass is 16.3. The van der Waals surface area contributed by atoms with E-state index >= 15 is 0 Å². The van der Waals surface area contributed by atoms with Crippen molar-refractivity contribution in [3.05, 3.63) is 52.6 Å². The van der Waals surface area contributed by atoms with E-state index in [2.05, 4.69) is 0 Å². The Bertz CT molecular complexity index is 922. The highest BCUT2D eigenvalue weighted by Gasteiger charge is 2.12. The standard InChI is InChI=1S/C19H19N3O/c1-10-8-17(13-6-11(2)19(23)12(3)7-13)22-16-5-4-15(21)14(9-20)18(10)16/h4-9,20,23H,21H2,1-3H3. The number of phenolic OH excluding ortho intramolecular Hbond substituents is 1. The van der Waals surface area contributed by atoms with Crippen LogP contribution in [0.4, 0.5) is 5.69 Å². The number of hydrogen-bond donors (Lipinski definition) is 3. The summed E-state index contributed by atoms with van der Waals surface area (Å²) in [7, 11) is 0. The molecule has 23 heavy (non-hydrogen) atoms. The van der Waals surface area contributed by atoms with Gasteiger partial charge in [0, 0.05) is 28.4 Å². The van der Waals surface area contributed by atoms with E-state index in [0.29, 0.717) is 17.0 Å². The third kappa shape index (κ3) is 2.42. The molecule has 0 aliphatic heterocycles. The quantitative estimate of drug-likeness (QED) is 0.492. The lowest BCUT2D eigenvalue weighted by Gasteiger charge is -2.12. The fourth-order valence-electron chi connectivity index (χ4n) is 2.98. The van der Waals surface area contributed by atoms with Gasteiger partial charge in [0.25, 0.3) is 0 Å². The molecule has 1 aromatic heterocycles. The molecular weight excluding hydrogens is 286 g/mol. The molecule has 3 rings (SSSR count). The number of aryl methyl sites for hydroxylation is 3. The molecule has 0 spiro atoms. The number of aromatic nitrogens is 1. The summed E-state index contributed by atoms with van der Waals surface area (Å²) in [5.74, 6) is 0.324. The van der Waals surface area contributed by atoms with Crippen molar-refractivity contribution >= 4 is 22.8 Å². The minimum atomic E-state index is 0.324. The van der Waals surface area contributed by atoms with Crippen molar-refractivity contribution < 1.29 is 5.11 Å². The molecule has 1 heterocycles. The van der Waals surface area contributed by atoms with Crippen LogP contribution < -0.4 is 5.73 Å². The topological polar surface area (TPSA) is 83.0 Å². The zero-order valence-corrected chi connectivity index (χ0v) is 13.4. The van der Waals surface area contributed by atoms with Crippen molar-refractivity contribution in [2.45, 2.75) is 20.8 Å². The molecule has 4 heteroatoms. The van der Waals surface area contributed by atoms with Crippen LogP contribution in [0.3, 0.4) is 0 Å². The average Bonchev–Trinajstić information content (AvgIpc) is 2.52. The molecule has 0 aliphatic carbocycles. The van der Waals surface area contributed by atoms with E-state index in [1.165, 1.54) is 6.21 Å². The van der Waals surface area contributed by atoms with Crippen LogP contribution >= 0.6 is 0 Å². The first-order valence-corrected chi connectivity index (χ1v) is 7.43. The van der Waals surface area contributed by atoms with Crippen LogP contribution in [0, 0.1) is 26.2 Å². The second kappa shape index (κ2) is 5.39. The van der Waals surface area contributed by atoms with Crippen LogP contribution in [0.1, 0.15) is 22.3 Å². The van der Waals surface area contributed by atoms with Gasteiger partial charge in [0.1, 0.15) is 5.75 Å². The van der Waals surface area contributed by atoms with E-state index in [-0.39, 0.29) is 0 Å². The zero-order chi connectivity index (χ0) is 16.7. The molecular formula is C19H19N3O. The fraction of sp³-hybridized carbons (Fsp3) is 0.158. The van der Waals surface area contributed by atoms with Crippen LogP contribution in [0.15, 0.2) is 30.3 Å². The van der Waals surface area contributed by atoms with Gasteiger partial charge in [-0.25, -0.2) is 4.98 Å². The first-order chi connectivity index (χ1) is 10.9. The molecule has 0 unspecified atom stereocenters.